The SMILES string of the molecule is O=S(=O)(NCc1ccncc1)c1ccc(-c2cccnc2)cc1. The van der Waals surface area contributed by atoms with Crippen molar-refractivity contribution < 1.29 is 8.42 Å². The van der Waals surface area contributed by atoms with Crippen LogP contribution in [-0.2, 0) is 16.6 Å². The number of aromatic nitrogens is 2. The summed E-state index contributed by atoms with van der Waals surface area (Å²) in [7, 11) is -3.54. The first-order valence-corrected chi connectivity index (χ1v) is 8.52. The Balaban J connectivity index is 1.75. The predicted octanol–water partition coefficient (Wildman–Crippen LogP) is 2.62. The first-order chi connectivity index (χ1) is 11.1. The minimum absolute atomic E-state index is 0.231. The fourth-order valence-corrected chi connectivity index (χ4v) is 3.14. The summed E-state index contributed by atoms with van der Waals surface area (Å²) in [6.45, 7) is 0.231. The smallest absolute Gasteiger partial charge is 0.240 e. The molecule has 0 radical (unpaired) electrons. The van der Waals surface area contributed by atoms with Crippen LogP contribution in [0.1, 0.15) is 5.56 Å². The van der Waals surface area contributed by atoms with E-state index in [9.17, 15) is 8.42 Å². The third kappa shape index (κ3) is 3.80. The van der Waals surface area contributed by atoms with Gasteiger partial charge < -0.3 is 0 Å². The van der Waals surface area contributed by atoms with Crippen LogP contribution < -0.4 is 4.72 Å². The maximum absolute atomic E-state index is 12.3. The van der Waals surface area contributed by atoms with Gasteiger partial charge in [0.15, 0.2) is 0 Å². The van der Waals surface area contributed by atoms with E-state index in [0.717, 1.165) is 16.7 Å². The van der Waals surface area contributed by atoms with Crippen LogP contribution >= 0.6 is 0 Å². The highest BCUT2D eigenvalue weighted by atomic mass is 32.2. The number of nitrogens with zero attached hydrogens (tertiary/aromatic N) is 2. The highest BCUT2D eigenvalue weighted by Crippen LogP contribution is 2.20. The monoisotopic (exact) mass is 325 g/mol. The molecule has 0 amide bonds. The zero-order chi connectivity index (χ0) is 16.1. The molecule has 0 saturated heterocycles. The van der Waals surface area contributed by atoms with Gasteiger partial charge in [-0.05, 0) is 47.0 Å². The van der Waals surface area contributed by atoms with Crippen LogP contribution in [-0.4, -0.2) is 18.4 Å². The van der Waals surface area contributed by atoms with E-state index in [1.165, 1.54) is 0 Å². The van der Waals surface area contributed by atoms with E-state index in [1.54, 1.807) is 61.2 Å². The number of nitrogens with one attached hydrogen (secondary N) is 1. The fourth-order valence-electron chi connectivity index (χ4n) is 2.12. The minimum atomic E-state index is -3.54. The van der Waals surface area contributed by atoms with Crippen LogP contribution in [0.2, 0.25) is 0 Å². The van der Waals surface area contributed by atoms with Gasteiger partial charge in [0.25, 0.3) is 0 Å². The van der Waals surface area contributed by atoms with E-state index in [4.69, 9.17) is 0 Å². The third-order valence-electron chi connectivity index (χ3n) is 3.38. The zero-order valence-electron chi connectivity index (χ0n) is 12.3. The summed E-state index contributed by atoms with van der Waals surface area (Å²) in [5.74, 6) is 0. The molecule has 1 N–H and O–H groups in total. The Morgan fingerprint density at radius 1 is 0.826 bits per heavy atom. The molecule has 0 atom stereocenters. The fraction of sp³-hybridized carbons (Fsp3) is 0.0588. The quantitative estimate of drug-likeness (QED) is 0.783. The van der Waals surface area contributed by atoms with Gasteiger partial charge in [-0.15, -0.1) is 0 Å². The van der Waals surface area contributed by atoms with Gasteiger partial charge in [-0.1, -0.05) is 18.2 Å². The van der Waals surface area contributed by atoms with Crippen molar-refractivity contribution in [3.63, 3.8) is 0 Å². The van der Waals surface area contributed by atoms with Gasteiger partial charge in [0.1, 0.15) is 0 Å². The summed E-state index contributed by atoms with van der Waals surface area (Å²) in [5.41, 5.74) is 2.72. The predicted molar refractivity (Wildman–Crippen MR) is 87.9 cm³/mol. The van der Waals surface area contributed by atoms with E-state index < -0.39 is 10.0 Å². The molecule has 23 heavy (non-hydrogen) atoms. The van der Waals surface area contributed by atoms with Gasteiger partial charge in [-0.25, -0.2) is 13.1 Å². The molecule has 0 saturated carbocycles. The van der Waals surface area contributed by atoms with Gasteiger partial charge in [0.05, 0.1) is 4.90 Å². The lowest BCUT2D eigenvalue weighted by Gasteiger charge is -2.08. The third-order valence-corrected chi connectivity index (χ3v) is 4.79. The number of rotatable bonds is 5. The molecule has 0 bridgehead atoms. The van der Waals surface area contributed by atoms with Crippen molar-refractivity contribution in [1.82, 2.24) is 14.7 Å². The van der Waals surface area contributed by atoms with Gasteiger partial charge in [0.2, 0.25) is 10.0 Å². The van der Waals surface area contributed by atoms with Gasteiger partial charge in [-0.2, -0.15) is 0 Å². The summed E-state index contributed by atoms with van der Waals surface area (Å²) in [6.07, 6.45) is 6.70. The molecule has 3 rings (SSSR count). The topological polar surface area (TPSA) is 72.0 Å². The summed E-state index contributed by atoms with van der Waals surface area (Å²) in [4.78, 5) is 8.20. The van der Waals surface area contributed by atoms with E-state index in [1.807, 2.05) is 12.1 Å². The Bertz CT molecular complexity index is 865. The highest BCUT2D eigenvalue weighted by Gasteiger charge is 2.13. The Morgan fingerprint density at radius 3 is 2.22 bits per heavy atom. The summed E-state index contributed by atoms with van der Waals surface area (Å²) >= 11 is 0. The van der Waals surface area contributed by atoms with Crippen LogP contribution in [0.15, 0.2) is 78.2 Å². The highest BCUT2D eigenvalue weighted by molar-refractivity contribution is 7.89. The van der Waals surface area contributed by atoms with Crippen molar-refractivity contribution in [2.75, 3.05) is 0 Å². The van der Waals surface area contributed by atoms with Crippen LogP contribution in [0.4, 0.5) is 0 Å². The Labute approximate surface area is 135 Å². The second-order valence-electron chi connectivity index (χ2n) is 4.95. The van der Waals surface area contributed by atoms with Crippen LogP contribution in [0.25, 0.3) is 11.1 Å². The molecule has 0 unspecified atom stereocenters. The molecule has 0 spiro atoms. The molecule has 3 aromatic rings. The number of pyridine rings is 2. The van der Waals surface area contributed by atoms with Crippen molar-refractivity contribution in [2.24, 2.45) is 0 Å². The molecule has 1 aromatic carbocycles. The molecule has 0 fully saturated rings. The number of sulfonamides is 1. The van der Waals surface area contributed by atoms with Gasteiger partial charge in [0, 0.05) is 31.3 Å². The molecular formula is C17H15N3O2S. The zero-order valence-corrected chi connectivity index (χ0v) is 13.1. The molecular weight excluding hydrogens is 310 g/mol. The summed E-state index contributed by atoms with van der Waals surface area (Å²) < 4.78 is 27.2. The maximum Gasteiger partial charge on any atom is 0.240 e. The lowest BCUT2D eigenvalue weighted by Crippen LogP contribution is -2.23. The first-order valence-electron chi connectivity index (χ1n) is 7.04. The van der Waals surface area contributed by atoms with Gasteiger partial charge >= 0.3 is 0 Å². The molecule has 0 aliphatic rings. The second kappa shape index (κ2) is 6.68. The number of benzene rings is 1. The van der Waals surface area contributed by atoms with Crippen molar-refractivity contribution in [3.8, 4) is 11.1 Å². The first kappa shape index (κ1) is 15.3. The number of hydrogen-bond acceptors (Lipinski definition) is 4. The lowest BCUT2D eigenvalue weighted by atomic mass is 10.1. The average Bonchev–Trinajstić information content (AvgIpc) is 2.62. The Hall–Kier alpha value is -2.57. The Morgan fingerprint density at radius 2 is 1.57 bits per heavy atom. The van der Waals surface area contributed by atoms with Crippen LogP contribution in [0, 0.1) is 0 Å². The standard InChI is InChI=1S/C17H15N3O2S/c21-23(22,20-12-14-7-10-18-11-8-14)17-5-3-15(4-6-17)16-2-1-9-19-13-16/h1-11,13,20H,12H2. The molecule has 116 valence electrons. The normalized spacial score (nSPS) is 11.3. The lowest BCUT2D eigenvalue weighted by molar-refractivity contribution is 0.581. The van der Waals surface area contributed by atoms with Crippen molar-refractivity contribution in [1.29, 1.82) is 0 Å². The average molecular weight is 325 g/mol. The van der Waals surface area contributed by atoms with Crippen molar-refractivity contribution >= 4 is 10.0 Å². The maximum atomic E-state index is 12.3. The van der Waals surface area contributed by atoms with Crippen LogP contribution in [0.3, 0.4) is 0 Å². The van der Waals surface area contributed by atoms with Crippen molar-refractivity contribution in [2.45, 2.75) is 11.4 Å². The minimum Gasteiger partial charge on any atom is -0.265 e. The summed E-state index contributed by atoms with van der Waals surface area (Å²) in [5, 5.41) is 0. The largest absolute Gasteiger partial charge is 0.265 e. The molecule has 0 aliphatic heterocycles. The molecule has 6 heteroatoms. The van der Waals surface area contributed by atoms with E-state index >= 15 is 0 Å². The molecule has 2 aromatic heterocycles. The molecule has 2 heterocycles. The summed E-state index contributed by atoms with van der Waals surface area (Å²) in [6, 6.07) is 14.1. The van der Waals surface area contributed by atoms with Gasteiger partial charge in [-0.3, -0.25) is 9.97 Å². The van der Waals surface area contributed by atoms with Crippen LogP contribution in [0.5, 0.6) is 0 Å². The molecule has 5 nitrogen and oxygen atoms in total. The van der Waals surface area contributed by atoms with Crippen molar-refractivity contribution in [3.05, 3.63) is 78.9 Å². The van der Waals surface area contributed by atoms with E-state index in [2.05, 4.69) is 14.7 Å². The van der Waals surface area contributed by atoms with E-state index in [-0.39, 0.29) is 11.4 Å². The van der Waals surface area contributed by atoms with E-state index in [0.29, 0.717) is 0 Å². The molecule has 0 aliphatic carbocycles. The Kier molecular flexibility index (Phi) is 4.45. The second-order valence-corrected chi connectivity index (χ2v) is 6.71. The number of hydrogen-bond donors (Lipinski definition) is 1.